The van der Waals surface area contributed by atoms with Gasteiger partial charge >= 0.3 is 18.1 Å². The number of nitrogens with two attached hydrogens (primary N) is 1. The van der Waals surface area contributed by atoms with Crippen molar-refractivity contribution in [3.63, 3.8) is 0 Å². The van der Waals surface area contributed by atoms with Gasteiger partial charge < -0.3 is 40.8 Å². The number of hydrogen-bond donors (Lipinski definition) is 5. The molecule has 0 spiro atoms. The third kappa shape index (κ3) is 12.4. The molecule has 0 saturated heterocycles. The molecule has 5 rings (SSSR count). The van der Waals surface area contributed by atoms with Gasteiger partial charge in [-0.25, -0.2) is 9.78 Å². The number of halogens is 3. The molecule has 6 amide bonds. The molecule has 1 saturated carbocycles. The number of alkyl halides is 3. The average molecular weight is 871 g/mol. The van der Waals surface area contributed by atoms with E-state index in [4.69, 9.17) is 19.9 Å². The number of nitrogen functional groups attached to an aromatic ring is 1. The third-order valence-corrected chi connectivity index (χ3v) is 9.92. The van der Waals surface area contributed by atoms with E-state index < -0.39 is 65.6 Å². The van der Waals surface area contributed by atoms with Gasteiger partial charge in [0.2, 0.25) is 17.8 Å². The van der Waals surface area contributed by atoms with Crippen LogP contribution in [0.4, 0.5) is 24.8 Å². The Balaban J connectivity index is 1.08. The van der Waals surface area contributed by atoms with Crippen LogP contribution >= 0.6 is 0 Å². The van der Waals surface area contributed by atoms with Crippen molar-refractivity contribution in [1.29, 1.82) is 0 Å². The summed E-state index contributed by atoms with van der Waals surface area (Å²) in [5.41, 5.74) is 4.98. The monoisotopic (exact) mass is 870 g/mol. The van der Waals surface area contributed by atoms with Crippen LogP contribution in [0.15, 0.2) is 59.4 Å². The minimum atomic E-state index is -5.27. The summed E-state index contributed by atoms with van der Waals surface area (Å²) < 4.78 is 57.9. The maximum Gasteiger partial charge on any atom is 0.471 e. The van der Waals surface area contributed by atoms with E-state index in [1.807, 2.05) is 0 Å². The van der Waals surface area contributed by atoms with Gasteiger partial charge in [-0.05, 0) is 61.2 Å². The molecule has 1 aliphatic carbocycles. The van der Waals surface area contributed by atoms with Crippen LogP contribution in [0, 0.1) is 0 Å². The van der Waals surface area contributed by atoms with Crippen LogP contribution in [-0.2, 0) is 49.5 Å². The van der Waals surface area contributed by atoms with Gasteiger partial charge in [0.05, 0.1) is 37.8 Å². The second-order valence-corrected chi connectivity index (χ2v) is 14.3. The summed E-state index contributed by atoms with van der Waals surface area (Å²) in [6, 6.07) is 7.30. The van der Waals surface area contributed by atoms with Gasteiger partial charge in [0.25, 0.3) is 23.3 Å². The molecule has 2 aromatic carbocycles. The lowest BCUT2D eigenvalue weighted by molar-refractivity contribution is -0.230. The molecule has 2 heterocycles. The number of amides is 6. The average Bonchev–Trinajstić information content (AvgIpc) is 3.84. The highest BCUT2D eigenvalue weighted by Crippen LogP contribution is 2.34. The standard InChI is InChI=1S/C40H45F3N8O11/c1-60-36(58)29(10-11-30(52)45-17-20-61-39(15-2-3-16-39)62-21-18-46-31(53)14-19-50-32(54)12-13-33(50)55)47-34(56)25-5-7-26(8-6-25)51(37(59)40(41,42)43)23-24-4-9-28-27(22-24)35(57)49-38(44)48-28/h4-9,12-13,22,29H,2-3,10-11,14-21,23H2,1H3,(H,45,52)(H,46,53)(H,47,56)(H3,44,48,49,57)/t29-/m0/s1. The van der Waals surface area contributed by atoms with Crippen LogP contribution in [0.5, 0.6) is 0 Å². The van der Waals surface area contributed by atoms with E-state index in [0.29, 0.717) is 17.7 Å². The van der Waals surface area contributed by atoms with Gasteiger partial charge in [-0.15, -0.1) is 0 Å². The smallest absolute Gasteiger partial charge is 0.467 e. The van der Waals surface area contributed by atoms with Crippen molar-refractivity contribution < 1.29 is 60.9 Å². The number of methoxy groups -OCH3 is 1. The first-order valence-electron chi connectivity index (χ1n) is 19.5. The van der Waals surface area contributed by atoms with E-state index in [-0.39, 0.29) is 91.7 Å². The van der Waals surface area contributed by atoms with Crippen molar-refractivity contribution in [2.45, 2.75) is 69.5 Å². The number of anilines is 2. The zero-order chi connectivity index (χ0) is 45.0. The SMILES string of the molecule is COC(=O)[C@H](CCC(=O)NCCOC1(OCCNC(=O)CCN2C(=O)C=CC2=O)CCCC1)NC(=O)c1ccc(N(Cc2ccc3nc(N)[nH]c(=O)c3c2)C(=O)C(F)(F)F)cc1. The molecule has 3 aromatic rings. The molecule has 19 nitrogen and oxygen atoms in total. The van der Waals surface area contributed by atoms with E-state index in [2.05, 4.69) is 25.9 Å². The normalized spacial score (nSPS) is 15.1. The van der Waals surface area contributed by atoms with Crippen molar-refractivity contribution in [1.82, 2.24) is 30.8 Å². The summed E-state index contributed by atoms with van der Waals surface area (Å²) in [5.74, 6) is -6.70. The molecule has 1 fully saturated rings. The molecule has 0 radical (unpaired) electrons. The molecular formula is C40H45F3N8O11. The van der Waals surface area contributed by atoms with E-state index in [0.717, 1.165) is 61.3 Å². The fraction of sp³-hybridized carbons (Fsp3) is 0.425. The van der Waals surface area contributed by atoms with Gasteiger partial charge in [0.15, 0.2) is 5.79 Å². The maximum absolute atomic E-state index is 13.7. The number of rotatable bonds is 20. The zero-order valence-corrected chi connectivity index (χ0v) is 33.5. The minimum absolute atomic E-state index is 0.0375. The highest BCUT2D eigenvalue weighted by Gasteiger charge is 2.43. The Morgan fingerprint density at radius 2 is 1.53 bits per heavy atom. The first-order chi connectivity index (χ1) is 29.5. The second-order valence-electron chi connectivity index (χ2n) is 14.3. The summed E-state index contributed by atoms with van der Waals surface area (Å²) in [6.45, 7) is -0.174. The number of fused-ring (bicyclic) bond motifs is 1. The largest absolute Gasteiger partial charge is 0.471 e. The molecule has 6 N–H and O–H groups in total. The molecule has 332 valence electrons. The number of H-pyrrole nitrogens is 1. The van der Waals surface area contributed by atoms with E-state index in [1.54, 1.807) is 0 Å². The number of aromatic nitrogens is 2. The molecule has 1 aliphatic heterocycles. The zero-order valence-electron chi connectivity index (χ0n) is 33.5. The van der Waals surface area contributed by atoms with Crippen molar-refractivity contribution in [3.8, 4) is 0 Å². The number of carbonyl (C=O) groups is 7. The topological polar surface area (TPSA) is 262 Å². The van der Waals surface area contributed by atoms with Crippen molar-refractivity contribution in [2.75, 3.05) is 50.6 Å². The van der Waals surface area contributed by atoms with Crippen molar-refractivity contribution >= 4 is 64.0 Å². The van der Waals surface area contributed by atoms with E-state index in [9.17, 15) is 51.5 Å². The highest BCUT2D eigenvalue weighted by atomic mass is 19.4. The number of carbonyl (C=O) groups excluding carboxylic acids is 7. The van der Waals surface area contributed by atoms with Gasteiger partial charge in [-0.3, -0.25) is 43.4 Å². The Morgan fingerprint density at radius 3 is 2.13 bits per heavy atom. The van der Waals surface area contributed by atoms with Crippen LogP contribution in [0.2, 0.25) is 0 Å². The van der Waals surface area contributed by atoms with Gasteiger partial charge in [-0.2, -0.15) is 13.2 Å². The van der Waals surface area contributed by atoms with E-state index >= 15 is 0 Å². The molecule has 1 aromatic heterocycles. The number of imide groups is 1. The summed E-state index contributed by atoms with van der Waals surface area (Å²) in [6.07, 6.45) is -0.547. The Kier molecular flexibility index (Phi) is 15.5. The first-order valence-corrected chi connectivity index (χ1v) is 19.5. The Morgan fingerprint density at radius 1 is 0.919 bits per heavy atom. The second kappa shape index (κ2) is 20.7. The molecule has 2 aliphatic rings. The predicted octanol–water partition coefficient (Wildman–Crippen LogP) is 1.50. The number of nitrogens with zero attached hydrogens (tertiary/aromatic N) is 3. The number of nitrogens with one attached hydrogen (secondary N) is 4. The van der Waals surface area contributed by atoms with Crippen LogP contribution in [0.3, 0.4) is 0 Å². The number of benzene rings is 2. The quantitative estimate of drug-likeness (QED) is 0.0468. The molecule has 22 heteroatoms. The Hall–Kier alpha value is -6.68. The fourth-order valence-corrected chi connectivity index (χ4v) is 6.76. The summed E-state index contributed by atoms with van der Waals surface area (Å²) >= 11 is 0. The minimum Gasteiger partial charge on any atom is -0.467 e. The van der Waals surface area contributed by atoms with Crippen LogP contribution in [0.1, 0.15) is 60.9 Å². The summed E-state index contributed by atoms with van der Waals surface area (Å²) in [5, 5.41) is 7.86. The van der Waals surface area contributed by atoms with Crippen molar-refractivity contribution in [2.24, 2.45) is 0 Å². The van der Waals surface area contributed by atoms with Gasteiger partial charge in [0.1, 0.15) is 6.04 Å². The molecule has 0 unspecified atom stereocenters. The van der Waals surface area contributed by atoms with Gasteiger partial charge in [-0.1, -0.05) is 6.07 Å². The maximum atomic E-state index is 13.7. The summed E-state index contributed by atoms with van der Waals surface area (Å²) in [4.78, 5) is 106. The Bertz CT molecular complexity index is 2240. The summed E-state index contributed by atoms with van der Waals surface area (Å²) in [7, 11) is 1.09. The predicted molar refractivity (Wildman–Crippen MR) is 213 cm³/mol. The van der Waals surface area contributed by atoms with Crippen LogP contribution in [-0.4, -0.2) is 114 Å². The number of hydrogen-bond acceptors (Lipinski definition) is 13. The number of esters is 1. The molecule has 1 atom stereocenters. The molecule has 0 bridgehead atoms. The highest BCUT2D eigenvalue weighted by molar-refractivity contribution is 6.13. The lowest BCUT2D eigenvalue weighted by Crippen LogP contribution is -2.43. The molecular weight excluding hydrogens is 825 g/mol. The Labute approximate surface area is 351 Å². The van der Waals surface area contributed by atoms with Crippen LogP contribution < -0.4 is 32.1 Å². The van der Waals surface area contributed by atoms with E-state index in [1.165, 1.54) is 18.2 Å². The van der Waals surface area contributed by atoms with Crippen LogP contribution in [0.25, 0.3) is 10.9 Å². The van der Waals surface area contributed by atoms with Crippen molar-refractivity contribution in [3.05, 3.63) is 76.1 Å². The lowest BCUT2D eigenvalue weighted by Gasteiger charge is -2.29. The first kappa shape index (κ1) is 46.4. The molecule has 62 heavy (non-hydrogen) atoms. The number of ether oxygens (including phenoxy) is 3. The lowest BCUT2D eigenvalue weighted by atomic mass is 10.1. The fourth-order valence-electron chi connectivity index (χ4n) is 6.76. The number of aromatic amines is 1. The van der Waals surface area contributed by atoms with Gasteiger partial charge in [0, 0.05) is 68.7 Å². The third-order valence-electron chi connectivity index (χ3n) is 9.92.